The third kappa shape index (κ3) is 4.19. The second-order valence-electron chi connectivity index (χ2n) is 5.75. The summed E-state index contributed by atoms with van der Waals surface area (Å²) in [6.07, 6.45) is 3.72. The van der Waals surface area contributed by atoms with E-state index in [1.54, 1.807) is 18.4 Å². The van der Waals surface area contributed by atoms with Gasteiger partial charge in [-0.2, -0.15) is 4.98 Å². The van der Waals surface area contributed by atoms with Gasteiger partial charge in [0, 0.05) is 50.8 Å². The third-order valence-electron chi connectivity index (χ3n) is 3.97. The van der Waals surface area contributed by atoms with Gasteiger partial charge in [0.05, 0.1) is 18.8 Å². The minimum absolute atomic E-state index is 0.631. The van der Waals surface area contributed by atoms with Gasteiger partial charge in [-0.15, -0.1) is 11.3 Å². The van der Waals surface area contributed by atoms with Gasteiger partial charge in [-0.1, -0.05) is 0 Å². The maximum atomic E-state index is 5.10. The Balaban J connectivity index is 1.87. The molecule has 0 saturated carbocycles. The van der Waals surface area contributed by atoms with Gasteiger partial charge in [-0.3, -0.25) is 0 Å². The van der Waals surface area contributed by atoms with E-state index in [4.69, 9.17) is 14.7 Å². The lowest BCUT2D eigenvalue weighted by Crippen LogP contribution is -2.22. The van der Waals surface area contributed by atoms with Crippen molar-refractivity contribution in [1.82, 2.24) is 20.3 Å². The molecule has 0 bridgehead atoms. The smallest absolute Gasteiger partial charge is 0.224 e. The molecule has 0 aromatic carbocycles. The van der Waals surface area contributed by atoms with E-state index in [2.05, 4.69) is 27.6 Å². The van der Waals surface area contributed by atoms with Crippen LogP contribution >= 0.6 is 11.3 Å². The van der Waals surface area contributed by atoms with Gasteiger partial charge < -0.3 is 20.3 Å². The average molecular weight is 348 g/mol. The minimum Gasteiger partial charge on any atom is -0.383 e. The number of aromatic nitrogens is 3. The number of methoxy groups -OCH3 is 1. The highest BCUT2D eigenvalue weighted by Crippen LogP contribution is 2.25. The Bertz CT molecular complexity index is 648. The van der Waals surface area contributed by atoms with Gasteiger partial charge in [-0.25, -0.2) is 9.97 Å². The maximum absolute atomic E-state index is 5.10. The monoisotopic (exact) mass is 348 g/mol. The summed E-state index contributed by atoms with van der Waals surface area (Å²) < 4.78 is 5.10. The van der Waals surface area contributed by atoms with Gasteiger partial charge in [0.15, 0.2) is 0 Å². The topological polar surface area (TPSA) is 75.2 Å². The molecular formula is C16H24N6OS. The van der Waals surface area contributed by atoms with Crippen LogP contribution in [-0.2, 0) is 24.1 Å². The van der Waals surface area contributed by atoms with E-state index in [9.17, 15) is 0 Å². The lowest BCUT2D eigenvalue weighted by Gasteiger charge is -2.22. The van der Waals surface area contributed by atoms with Gasteiger partial charge in [0.25, 0.3) is 0 Å². The molecule has 0 saturated heterocycles. The van der Waals surface area contributed by atoms with Crippen LogP contribution in [0.4, 0.5) is 11.8 Å². The number of rotatable bonds is 7. The number of thiazole rings is 1. The molecule has 0 aliphatic carbocycles. The van der Waals surface area contributed by atoms with Crippen LogP contribution in [0, 0.1) is 0 Å². The van der Waals surface area contributed by atoms with E-state index in [-0.39, 0.29) is 0 Å². The molecule has 0 atom stereocenters. The van der Waals surface area contributed by atoms with E-state index in [1.807, 2.05) is 11.6 Å². The molecule has 0 fully saturated rings. The standard InChI is InChI=1S/C16H24N6OS/c1-22(11-14-18-8-10-24-14)15-12-3-5-17-6-4-13(12)20-16(21-15)19-7-9-23-2/h8,10,17H,3-7,9,11H2,1-2H3,(H,19,20,21). The van der Waals surface area contributed by atoms with Crippen molar-refractivity contribution >= 4 is 23.1 Å². The Labute approximate surface area is 146 Å². The molecule has 2 aromatic rings. The highest BCUT2D eigenvalue weighted by molar-refractivity contribution is 7.09. The molecular weight excluding hydrogens is 324 g/mol. The number of hydrogen-bond acceptors (Lipinski definition) is 8. The molecule has 0 radical (unpaired) electrons. The normalized spacial score (nSPS) is 14.1. The first-order valence-electron chi connectivity index (χ1n) is 8.20. The van der Waals surface area contributed by atoms with E-state index < -0.39 is 0 Å². The molecule has 2 N–H and O–H groups in total. The summed E-state index contributed by atoms with van der Waals surface area (Å²) in [4.78, 5) is 16.1. The number of nitrogens with zero attached hydrogens (tertiary/aromatic N) is 4. The molecule has 7 nitrogen and oxygen atoms in total. The lowest BCUT2D eigenvalue weighted by molar-refractivity contribution is 0.210. The minimum atomic E-state index is 0.631. The first-order valence-corrected chi connectivity index (χ1v) is 9.08. The molecule has 0 spiro atoms. The summed E-state index contributed by atoms with van der Waals surface area (Å²) >= 11 is 1.67. The summed E-state index contributed by atoms with van der Waals surface area (Å²) in [6.45, 7) is 4.00. The first kappa shape index (κ1) is 17.1. The molecule has 3 rings (SSSR count). The van der Waals surface area contributed by atoms with Crippen molar-refractivity contribution in [3.05, 3.63) is 27.8 Å². The average Bonchev–Trinajstić information content (AvgIpc) is 2.97. The third-order valence-corrected chi connectivity index (χ3v) is 4.73. The molecule has 8 heteroatoms. The van der Waals surface area contributed by atoms with Crippen LogP contribution in [0.2, 0.25) is 0 Å². The van der Waals surface area contributed by atoms with Crippen LogP contribution in [0.25, 0.3) is 0 Å². The Kier molecular flexibility index (Phi) is 5.95. The lowest BCUT2D eigenvalue weighted by atomic mass is 10.1. The fourth-order valence-electron chi connectivity index (χ4n) is 2.79. The summed E-state index contributed by atoms with van der Waals surface area (Å²) in [7, 11) is 3.76. The molecule has 0 amide bonds. The summed E-state index contributed by atoms with van der Waals surface area (Å²) in [5, 5.41) is 9.80. The van der Waals surface area contributed by atoms with E-state index in [1.165, 1.54) is 5.56 Å². The molecule has 3 heterocycles. The van der Waals surface area contributed by atoms with Crippen molar-refractivity contribution in [3.8, 4) is 0 Å². The Morgan fingerprint density at radius 2 is 2.21 bits per heavy atom. The number of anilines is 2. The van der Waals surface area contributed by atoms with Crippen molar-refractivity contribution in [2.75, 3.05) is 50.6 Å². The zero-order chi connectivity index (χ0) is 16.8. The highest BCUT2D eigenvalue weighted by atomic mass is 32.1. The van der Waals surface area contributed by atoms with E-state index >= 15 is 0 Å². The van der Waals surface area contributed by atoms with Crippen LogP contribution in [0.5, 0.6) is 0 Å². The fourth-order valence-corrected chi connectivity index (χ4v) is 3.46. The Morgan fingerprint density at radius 1 is 1.33 bits per heavy atom. The van der Waals surface area contributed by atoms with Crippen molar-refractivity contribution in [2.45, 2.75) is 19.4 Å². The second-order valence-corrected chi connectivity index (χ2v) is 6.73. The predicted molar refractivity (Wildman–Crippen MR) is 96.9 cm³/mol. The zero-order valence-corrected chi connectivity index (χ0v) is 15.0. The summed E-state index contributed by atoms with van der Waals surface area (Å²) in [5.41, 5.74) is 2.38. The number of hydrogen-bond donors (Lipinski definition) is 2. The largest absolute Gasteiger partial charge is 0.383 e. The molecule has 24 heavy (non-hydrogen) atoms. The molecule has 1 aliphatic rings. The maximum Gasteiger partial charge on any atom is 0.224 e. The van der Waals surface area contributed by atoms with Gasteiger partial charge in [0.1, 0.15) is 10.8 Å². The van der Waals surface area contributed by atoms with E-state index in [0.29, 0.717) is 19.1 Å². The van der Waals surface area contributed by atoms with Gasteiger partial charge in [-0.05, 0) is 13.0 Å². The van der Waals surface area contributed by atoms with Crippen LogP contribution in [0.3, 0.4) is 0 Å². The molecule has 130 valence electrons. The SMILES string of the molecule is COCCNc1nc2c(c(N(C)Cc3nccs3)n1)CCNCC2. The van der Waals surface area contributed by atoms with Crippen LogP contribution in [-0.4, -0.2) is 55.4 Å². The number of nitrogens with one attached hydrogen (secondary N) is 2. The fraction of sp³-hybridized carbons (Fsp3) is 0.562. The molecule has 0 unspecified atom stereocenters. The number of ether oxygens (including phenoxy) is 1. The Morgan fingerprint density at radius 3 is 3.00 bits per heavy atom. The zero-order valence-electron chi connectivity index (χ0n) is 14.2. The highest BCUT2D eigenvalue weighted by Gasteiger charge is 2.19. The second kappa shape index (κ2) is 8.36. The van der Waals surface area contributed by atoms with Crippen LogP contribution in [0.15, 0.2) is 11.6 Å². The summed E-state index contributed by atoms with van der Waals surface area (Å²) in [5.74, 6) is 1.67. The molecule has 1 aliphatic heterocycles. The van der Waals surface area contributed by atoms with Crippen LogP contribution in [0.1, 0.15) is 16.3 Å². The van der Waals surface area contributed by atoms with E-state index in [0.717, 1.165) is 49.0 Å². The predicted octanol–water partition coefficient (Wildman–Crippen LogP) is 1.32. The van der Waals surface area contributed by atoms with Gasteiger partial charge in [0.2, 0.25) is 5.95 Å². The Hall–Kier alpha value is -1.77. The quantitative estimate of drug-likeness (QED) is 0.731. The summed E-state index contributed by atoms with van der Waals surface area (Å²) in [6, 6.07) is 0. The van der Waals surface area contributed by atoms with Crippen LogP contribution < -0.4 is 15.5 Å². The van der Waals surface area contributed by atoms with Crippen molar-refractivity contribution < 1.29 is 4.74 Å². The first-order chi connectivity index (χ1) is 11.8. The van der Waals surface area contributed by atoms with Crippen molar-refractivity contribution in [1.29, 1.82) is 0 Å². The van der Waals surface area contributed by atoms with Gasteiger partial charge >= 0.3 is 0 Å². The van der Waals surface area contributed by atoms with Crippen molar-refractivity contribution in [3.63, 3.8) is 0 Å². The van der Waals surface area contributed by atoms with Crippen molar-refractivity contribution in [2.24, 2.45) is 0 Å². The molecule has 2 aromatic heterocycles. The number of fused-ring (bicyclic) bond motifs is 1.